The molecule has 7 nitrogen and oxygen atoms in total. The van der Waals surface area contributed by atoms with Gasteiger partial charge in [-0.2, -0.15) is 4.98 Å². The third-order valence-corrected chi connectivity index (χ3v) is 7.00. The van der Waals surface area contributed by atoms with Gasteiger partial charge in [-0.05, 0) is 24.4 Å². The molecule has 1 saturated heterocycles. The predicted molar refractivity (Wildman–Crippen MR) is 130 cm³/mol. The zero-order valence-corrected chi connectivity index (χ0v) is 19.6. The molecule has 34 heavy (non-hydrogen) atoms. The summed E-state index contributed by atoms with van der Waals surface area (Å²) in [5.41, 5.74) is 1.81. The van der Waals surface area contributed by atoms with Crippen molar-refractivity contribution in [1.82, 2.24) is 19.9 Å². The van der Waals surface area contributed by atoms with Gasteiger partial charge < -0.3 is 9.42 Å². The van der Waals surface area contributed by atoms with E-state index in [0.29, 0.717) is 53.9 Å². The van der Waals surface area contributed by atoms with Crippen molar-refractivity contribution in [2.75, 3.05) is 26.2 Å². The number of piperazine rings is 1. The van der Waals surface area contributed by atoms with Crippen LogP contribution in [0.25, 0.3) is 11.4 Å². The Morgan fingerprint density at radius 1 is 0.912 bits per heavy atom. The van der Waals surface area contributed by atoms with Crippen molar-refractivity contribution in [3.05, 3.63) is 94.0 Å². The fraction of sp³-hybridized carbons (Fsp3) is 0.231. The van der Waals surface area contributed by atoms with Gasteiger partial charge in [0.15, 0.2) is 0 Å². The molecule has 0 N–H and O–H groups in total. The fourth-order valence-electron chi connectivity index (χ4n) is 4.16. The number of aromatic nitrogens is 2. The number of benzene rings is 2. The van der Waals surface area contributed by atoms with Crippen LogP contribution in [-0.2, 0) is 0 Å². The minimum absolute atomic E-state index is 0.0603. The summed E-state index contributed by atoms with van der Waals surface area (Å²) in [6, 6.07) is 20.4. The van der Waals surface area contributed by atoms with Crippen LogP contribution in [0.2, 0.25) is 0 Å². The van der Waals surface area contributed by atoms with Crippen LogP contribution in [0.5, 0.6) is 0 Å². The monoisotopic (exact) mass is 472 g/mol. The Hall–Kier alpha value is -3.62. The van der Waals surface area contributed by atoms with E-state index in [4.69, 9.17) is 4.52 Å². The quantitative estimate of drug-likeness (QED) is 0.383. The molecule has 4 aromatic rings. The SMILES string of the molecule is CC(c1nc(-c2ccccc2)no1)N1CCN(C(=O)c2ccccc2C(=O)c2cccs2)CC1. The minimum atomic E-state index is -0.114. The van der Waals surface area contributed by atoms with E-state index in [1.165, 1.54) is 11.3 Å². The van der Waals surface area contributed by atoms with Crippen LogP contribution >= 0.6 is 11.3 Å². The predicted octanol–water partition coefficient (Wildman–Crippen LogP) is 4.55. The van der Waals surface area contributed by atoms with E-state index in [9.17, 15) is 9.59 Å². The summed E-state index contributed by atoms with van der Waals surface area (Å²) in [4.78, 5) is 35.5. The first-order valence-corrected chi connectivity index (χ1v) is 12.1. The highest BCUT2D eigenvalue weighted by Gasteiger charge is 2.29. The van der Waals surface area contributed by atoms with Crippen molar-refractivity contribution in [2.45, 2.75) is 13.0 Å². The van der Waals surface area contributed by atoms with E-state index >= 15 is 0 Å². The highest BCUT2D eigenvalue weighted by Crippen LogP contribution is 2.25. The number of amides is 1. The summed E-state index contributed by atoms with van der Waals surface area (Å²) < 4.78 is 5.54. The zero-order valence-electron chi connectivity index (χ0n) is 18.8. The van der Waals surface area contributed by atoms with Gasteiger partial charge >= 0.3 is 0 Å². The highest BCUT2D eigenvalue weighted by molar-refractivity contribution is 7.12. The molecular weight excluding hydrogens is 448 g/mol. The second kappa shape index (κ2) is 9.70. The van der Waals surface area contributed by atoms with Crippen molar-refractivity contribution < 1.29 is 14.1 Å². The molecular formula is C26H24N4O3S. The molecule has 1 amide bonds. The van der Waals surface area contributed by atoms with Crippen LogP contribution in [0.15, 0.2) is 76.6 Å². The van der Waals surface area contributed by atoms with Gasteiger partial charge in [0, 0.05) is 37.3 Å². The van der Waals surface area contributed by atoms with Crippen molar-refractivity contribution in [2.24, 2.45) is 0 Å². The standard InChI is InChI=1S/C26H24N4O3S/c1-18(25-27-24(28-33-25)19-8-3-2-4-9-19)29-13-15-30(16-14-29)26(32)21-11-6-5-10-20(21)23(31)22-12-7-17-34-22/h2-12,17-18H,13-16H2,1H3. The van der Waals surface area contributed by atoms with Crippen LogP contribution in [0.1, 0.15) is 44.4 Å². The lowest BCUT2D eigenvalue weighted by molar-refractivity contribution is 0.0549. The second-order valence-corrected chi connectivity index (χ2v) is 9.13. The molecule has 1 unspecified atom stereocenters. The Bertz CT molecular complexity index is 1280. The molecule has 1 atom stereocenters. The van der Waals surface area contributed by atoms with Crippen LogP contribution in [0, 0.1) is 0 Å². The summed E-state index contributed by atoms with van der Waals surface area (Å²) in [6.45, 7) is 4.51. The first kappa shape index (κ1) is 22.2. The molecule has 2 aromatic carbocycles. The lowest BCUT2D eigenvalue weighted by Gasteiger charge is -2.37. The smallest absolute Gasteiger partial charge is 0.254 e. The summed E-state index contributed by atoms with van der Waals surface area (Å²) in [5, 5.41) is 5.99. The second-order valence-electron chi connectivity index (χ2n) is 8.18. The molecule has 1 aliphatic heterocycles. The number of thiophene rings is 1. The first-order valence-electron chi connectivity index (χ1n) is 11.2. The number of hydrogen-bond donors (Lipinski definition) is 0. The molecule has 3 heterocycles. The van der Waals surface area contributed by atoms with E-state index in [2.05, 4.69) is 15.0 Å². The Morgan fingerprint density at radius 2 is 1.62 bits per heavy atom. The fourth-order valence-corrected chi connectivity index (χ4v) is 4.83. The Labute approximate surface area is 201 Å². The highest BCUT2D eigenvalue weighted by atomic mass is 32.1. The summed E-state index contributed by atoms with van der Waals surface area (Å²) in [7, 11) is 0. The molecule has 2 aromatic heterocycles. The molecule has 0 bridgehead atoms. The van der Waals surface area contributed by atoms with Gasteiger partial charge in [0.05, 0.1) is 16.5 Å². The van der Waals surface area contributed by atoms with E-state index in [0.717, 1.165) is 5.56 Å². The van der Waals surface area contributed by atoms with Crippen molar-refractivity contribution in [3.8, 4) is 11.4 Å². The van der Waals surface area contributed by atoms with Gasteiger partial charge in [-0.3, -0.25) is 14.5 Å². The number of hydrogen-bond acceptors (Lipinski definition) is 7. The first-order chi connectivity index (χ1) is 16.6. The van der Waals surface area contributed by atoms with E-state index in [1.54, 1.807) is 30.3 Å². The molecule has 5 rings (SSSR count). The Kier molecular flexibility index (Phi) is 6.33. The lowest BCUT2D eigenvalue weighted by Crippen LogP contribution is -2.49. The van der Waals surface area contributed by atoms with E-state index in [1.807, 2.05) is 53.6 Å². The summed E-state index contributed by atoms with van der Waals surface area (Å²) >= 11 is 1.38. The molecule has 0 saturated carbocycles. The van der Waals surface area contributed by atoms with Gasteiger partial charge in [0.2, 0.25) is 17.5 Å². The molecule has 0 spiro atoms. The largest absolute Gasteiger partial charge is 0.337 e. The van der Waals surface area contributed by atoms with Gasteiger partial charge in [-0.25, -0.2) is 0 Å². The summed E-state index contributed by atoms with van der Waals surface area (Å²) in [6.07, 6.45) is 0. The average molecular weight is 473 g/mol. The number of carbonyl (C=O) groups excluding carboxylic acids is 2. The lowest BCUT2D eigenvalue weighted by atomic mass is 10.0. The van der Waals surface area contributed by atoms with Gasteiger partial charge in [-0.15, -0.1) is 11.3 Å². The minimum Gasteiger partial charge on any atom is -0.337 e. The maximum atomic E-state index is 13.3. The van der Waals surface area contributed by atoms with Gasteiger partial charge in [0.1, 0.15) is 0 Å². The van der Waals surface area contributed by atoms with Gasteiger partial charge in [0.25, 0.3) is 5.91 Å². The Morgan fingerprint density at radius 3 is 2.32 bits per heavy atom. The third-order valence-electron chi connectivity index (χ3n) is 6.13. The van der Waals surface area contributed by atoms with Crippen molar-refractivity contribution >= 4 is 23.0 Å². The summed E-state index contributed by atoms with van der Waals surface area (Å²) in [5.74, 6) is 0.905. The Balaban J connectivity index is 1.25. The number of rotatable bonds is 6. The maximum absolute atomic E-state index is 13.3. The number of nitrogens with zero attached hydrogens (tertiary/aromatic N) is 4. The average Bonchev–Trinajstić information content (AvgIpc) is 3.61. The molecule has 0 radical (unpaired) electrons. The molecule has 8 heteroatoms. The van der Waals surface area contributed by atoms with Crippen molar-refractivity contribution in [1.29, 1.82) is 0 Å². The van der Waals surface area contributed by atoms with Crippen LogP contribution < -0.4 is 0 Å². The van der Waals surface area contributed by atoms with E-state index < -0.39 is 0 Å². The van der Waals surface area contributed by atoms with Crippen LogP contribution in [-0.4, -0.2) is 57.8 Å². The molecule has 1 fully saturated rings. The molecule has 0 aliphatic carbocycles. The number of carbonyl (C=O) groups is 2. The zero-order chi connectivity index (χ0) is 23.5. The third kappa shape index (κ3) is 4.42. The van der Waals surface area contributed by atoms with Crippen LogP contribution in [0.4, 0.5) is 0 Å². The molecule has 172 valence electrons. The molecule has 1 aliphatic rings. The number of ketones is 1. The van der Waals surface area contributed by atoms with E-state index in [-0.39, 0.29) is 17.7 Å². The normalized spacial score (nSPS) is 15.3. The topological polar surface area (TPSA) is 79.5 Å². The van der Waals surface area contributed by atoms with Crippen LogP contribution in [0.3, 0.4) is 0 Å². The maximum Gasteiger partial charge on any atom is 0.254 e. The van der Waals surface area contributed by atoms with Crippen molar-refractivity contribution in [3.63, 3.8) is 0 Å². The van der Waals surface area contributed by atoms with Gasteiger partial charge in [-0.1, -0.05) is 59.8 Å².